The number of rotatable bonds is 7. The molecule has 1 atom stereocenters. The van der Waals surface area contributed by atoms with E-state index in [2.05, 4.69) is 14.6 Å². The standard InChI is InChI=1S/C24H30Cl2N4O3S/c1-34(32,33)28-19-8-13-29(14-9-19)15-11-24(18-5-6-20(25)21(26)16-18)10-7-23(31)30(17-24)22-4-2-3-12-27-22/h2-6,12,16,19,28H,7-11,13-15,17H2,1H3/t24-/m1/s1. The smallest absolute Gasteiger partial charge is 0.228 e. The molecule has 0 bridgehead atoms. The predicted octanol–water partition coefficient (Wildman–Crippen LogP) is 3.86. The van der Waals surface area contributed by atoms with Crippen molar-refractivity contribution in [1.29, 1.82) is 0 Å². The summed E-state index contributed by atoms with van der Waals surface area (Å²) in [6.07, 6.45) is 6.46. The lowest BCUT2D eigenvalue weighted by Crippen LogP contribution is -2.51. The van der Waals surface area contributed by atoms with Crippen molar-refractivity contribution in [2.24, 2.45) is 0 Å². The molecule has 4 rings (SSSR count). The average Bonchev–Trinajstić information content (AvgIpc) is 2.81. The summed E-state index contributed by atoms with van der Waals surface area (Å²) in [5, 5.41) is 1.02. The highest BCUT2D eigenvalue weighted by molar-refractivity contribution is 7.88. The van der Waals surface area contributed by atoms with E-state index < -0.39 is 10.0 Å². The van der Waals surface area contributed by atoms with E-state index in [-0.39, 0.29) is 17.4 Å². The SMILES string of the molecule is CS(=O)(=O)NC1CCN(CC[C@]2(c3ccc(Cl)c(Cl)c3)CCC(=O)N(c3ccccn3)C2)CC1. The number of anilines is 1. The first-order valence-corrected chi connectivity index (χ1v) is 14.2. The number of hydrogen-bond acceptors (Lipinski definition) is 5. The number of hydrogen-bond donors (Lipinski definition) is 1. The number of likely N-dealkylation sites (tertiary alicyclic amines) is 1. The summed E-state index contributed by atoms with van der Waals surface area (Å²) in [5.74, 6) is 0.728. The fraction of sp³-hybridized carbons (Fsp3) is 0.500. The lowest BCUT2D eigenvalue weighted by molar-refractivity contribution is -0.120. The van der Waals surface area contributed by atoms with Gasteiger partial charge in [0.25, 0.3) is 0 Å². The van der Waals surface area contributed by atoms with Gasteiger partial charge in [0.2, 0.25) is 15.9 Å². The molecule has 0 aliphatic carbocycles. The Morgan fingerprint density at radius 3 is 2.56 bits per heavy atom. The fourth-order valence-corrected chi connectivity index (χ4v) is 6.17. The molecule has 1 amide bonds. The summed E-state index contributed by atoms with van der Waals surface area (Å²) in [4.78, 5) is 21.4. The Balaban J connectivity index is 1.53. The van der Waals surface area contributed by atoms with Gasteiger partial charge in [-0.05, 0) is 75.1 Å². The number of aromatic nitrogens is 1. The molecule has 0 unspecified atom stereocenters. The van der Waals surface area contributed by atoms with E-state index in [0.29, 0.717) is 28.8 Å². The largest absolute Gasteiger partial charge is 0.303 e. The molecule has 2 aliphatic rings. The number of nitrogens with zero attached hydrogens (tertiary/aromatic N) is 3. The Labute approximate surface area is 211 Å². The third-order valence-electron chi connectivity index (χ3n) is 6.91. The third-order valence-corrected chi connectivity index (χ3v) is 8.41. The van der Waals surface area contributed by atoms with Gasteiger partial charge in [-0.1, -0.05) is 35.3 Å². The minimum Gasteiger partial charge on any atom is -0.303 e. The van der Waals surface area contributed by atoms with E-state index in [4.69, 9.17) is 23.2 Å². The van der Waals surface area contributed by atoms with Crippen molar-refractivity contribution in [1.82, 2.24) is 14.6 Å². The van der Waals surface area contributed by atoms with Crippen LogP contribution in [0.3, 0.4) is 0 Å². The van der Waals surface area contributed by atoms with E-state index in [1.165, 1.54) is 6.26 Å². The number of carbonyl (C=O) groups excluding carboxylic acids is 1. The number of nitrogens with one attached hydrogen (secondary N) is 1. The molecule has 184 valence electrons. The molecule has 2 aliphatic heterocycles. The van der Waals surface area contributed by atoms with Gasteiger partial charge in [0.05, 0.1) is 16.3 Å². The molecule has 3 heterocycles. The Morgan fingerprint density at radius 1 is 1.15 bits per heavy atom. The van der Waals surface area contributed by atoms with Crippen molar-refractivity contribution in [3.8, 4) is 0 Å². The van der Waals surface area contributed by atoms with Crippen molar-refractivity contribution in [2.45, 2.75) is 43.6 Å². The van der Waals surface area contributed by atoms with Gasteiger partial charge in [-0.25, -0.2) is 18.1 Å². The van der Waals surface area contributed by atoms with Gasteiger partial charge in [0.15, 0.2) is 0 Å². The van der Waals surface area contributed by atoms with Gasteiger partial charge in [-0.15, -0.1) is 0 Å². The van der Waals surface area contributed by atoms with Gasteiger partial charge in [0.1, 0.15) is 5.82 Å². The van der Waals surface area contributed by atoms with Gasteiger partial charge in [-0.3, -0.25) is 9.69 Å². The number of carbonyl (C=O) groups is 1. The first kappa shape index (κ1) is 25.4. The summed E-state index contributed by atoms with van der Waals surface area (Å²) in [5.41, 5.74) is 0.783. The maximum atomic E-state index is 12.9. The van der Waals surface area contributed by atoms with Crippen LogP contribution in [0.15, 0.2) is 42.6 Å². The van der Waals surface area contributed by atoms with Crippen LogP contribution in [-0.4, -0.2) is 62.7 Å². The quantitative estimate of drug-likeness (QED) is 0.594. The zero-order valence-corrected chi connectivity index (χ0v) is 21.5. The summed E-state index contributed by atoms with van der Waals surface area (Å²) in [6.45, 7) is 3.02. The van der Waals surface area contributed by atoms with Crippen LogP contribution in [0.25, 0.3) is 0 Å². The minimum atomic E-state index is -3.20. The number of benzene rings is 1. The molecular formula is C24H30Cl2N4O3S. The molecular weight excluding hydrogens is 495 g/mol. The normalized spacial score (nSPS) is 22.8. The van der Waals surface area contributed by atoms with E-state index in [1.54, 1.807) is 11.1 Å². The van der Waals surface area contributed by atoms with Crippen molar-refractivity contribution in [3.05, 3.63) is 58.2 Å². The van der Waals surface area contributed by atoms with Gasteiger partial charge >= 0.3 is 0 Å². The lowest BCUT2D eigenvalue weighted by Gasteiger charge is -2.44. The molecule has 1 aromatic heterocycles. The summed E-state index contributed by atoms with van der Waals surface area (Å²) < 4.78 is 25.8. The van der Waals surface area contributed by atoms with Crippen LogP contribution in [0, 0.1) is 0 Å². The summed E-state index contributed by atoms with van der Waals surface area (Å²) >= 11 is 12.6. The van der Waals surface area contributed by atoms with Crippen LogP contribution >= 0.6 is 23.2 Å². The fourth-order valence-electron chi connectivity index (χ4n) is 5.03. The number of halogens is 2. The Bertz CT molecular complexity index is 1120. The lowest BCUT2D eigenvalue weighted by atomic mass is 9.71. The van der Waals surface area contributed by atoms with Crippen LogP contribution in [-0.2, 0) is 20.2 Å². The molecule has 0 spiro atoms. The van der Waals surface area contributed by atoms with Gasteiger partial charge in [0, 0.05) is 30.6 Å². The second-order valence-corrected chi connectivity index (χ2v) is 11.9. The van der Waals surface area contributed by atoms with Crippen molar-refractivity contribution in [3.63, 3.8) is 0 Å². The maximum absolute atomic E-state index is 12.9. The Hall–Kier alpha value is -1.71. The molecule has 10 heteroatoms. The molecule has 0 radical (unpaired) electrons. The molecule has 1 N–H and O–H groups in total. The van der Waals surface area contributed by atoms with Crippen molar-refractivity contribution >= 4 is 45.0 Å². The van der Waals surface area contributed by atoms with Crippen LogP contribution in [0.1, 0.15) is 37.7 Å². The van der Waals surface area contributed by atoms with Crippen molar-refractivity contribution < 1.29 is 13.2 Å². The maximum Gasteiger partial charge on any atom is 0.228 e. The van der Waals surface area contributed by atoms with Gasteiger partial charge < -0.3 is 4.90 Å². The summed E-state index contributed by atoms with van der Waals surface area (Å²) in [7, 11) is -3.20. The van der Waals surface area contributed by atoms with E-state index in [0.717, 1.165) is 50.9 Å². The molecule has 1 aromatic carbocycles. The van der Waals surface area contributed by atoms with Crippen molar-refractivity contribution in [2.75, 3.05) is 37.3 Å². The monoisotopic (exact) mass is 524 g/mol. The highest BCUT2D eigenvalue weighted by Crippen LogP contribution is 2.41. The first-order chi connectivity index (χ1) is 16.2. The molecule has 2 fully saturated rings. The number of piperidine rings is 2. The van der Waals surface area contributed by atoms with E-state index >= 15 is 0 Å². The number of sulfonamides is 1. The minimum absolute atomic E-state index is 0.0118. The molecule has 34 heavy (non-hydrogen) atoms. The highest BCUT2D eigenvalue weighted by Gasteiger charge is 2.41. The Morgan fingerprint density at radius 2 is 1.91 bits per heavy atom. The van der Waals surface area contributed by atoms with Crippen LogP contribution in [0.4, 0.5) is 5.82 Å². The van der Waals surface area contributed by atoms with Crippen LogP contribution in [0.2, 0.25) is 10.0 Å². The van der Waals surface area contributed by atoms with Gasteiger partial charge in [-0.2, -0.15) is 0 Å². The second kappa shape index (κ2) is 10.5. The topological polar surface area (TPSA) is 82.6 Å². The van der Waals surface area contributed by atoms with Crippen LogP contribution in [0.5, 0.6) is 0 Å². The highest BCUT2D eigenvalue weighted by atomic mass is 35.5. The second-order valence-electron chi connectivity index (χ2n) is 9.33. The molecule has 7 nitrogen and oxygen atoms in total. The molecule has 2 saturated heterocycles. The predicted molar refractivity (Wildman–Crippen MR) is 136 cm³/mol. The Kier molecular flexibility index (Phi) is 7.84. The zero-order chi connectivity index (χ0) is 24.3. The first-order valence-electron chi connectivity index (χ1n) is 11.5. The van der Waals surface area contributed by atoms with E-state index in [9.17, 15) is 13.2 Å². The zero-order valence-electron chi connectivity index (χ0n) is 19.2. The third kappa shape index (κ3) is 6.10. The number of pyridine rings is 1. The molecule has 0 saturated carbocycles. The number of amides is 1. The van der Waals surface area contributed by atoms with E-state index in [1.807, 2.05) is 36.4 Å². The van der Waals surface area contributed by atoms with Crippen LogP contribution < -0.4 is 9.62 Å². The average molecular weight is 526 g/mol. The molecule has 2 aromatic rings. The summed E-state index contributed by atoms with van der Waals surface area (Å²) in [6, 6.07) is 11.4.